The first-order valence-electron chi connectivity index (χ1n) is 6.96. The summed E-state index contributed by atoms with van der Waals surface area (Å²) in [4.78, 5) is 0. The van der Waals surface area contributed by atoms with E-state index in [1.54, 1.807) is 6.20 Å². The Morgan fingerprint density at radius 1 is 1.45 bits per heavy atom. The SMILES string of the molecule is CCn1cc(Oc2cc(Br)ccc2CNC2CC2)cn1. The molecule has 0 saturated heterocycles. The predicted octanol–water partition coefficient (Wildman–Crippen LogP) is 3.71. The van der Waals surface area contributed by atoms with Crippen LogP contribution in [0.2, 0.25) is 0 Å². The Morgan fingerprint density at radius 2 is 2.30 bits per heavy atom. The van der Waals surface area contributed by atoms with Gasteiger partial charge in [-0.25, -0.2) is 0 Å². The topological polar surface area (TPSA) is 39.1 Å². The fourth-order valence-corrected chi connectivity index (χ4v) is 2.35. The van der Waals surface area contributed by atoms with E-state index in [0.29, 0.717) is 6.04 Å². The molecule has 0 aliphatic heterocycles. The maximum Gasteiger partial charge on any atom is 0.165 e. The van der Waals surface area contributed by atoms with E-state index < -0.39 is 0 Å². The summed E-state index contributed by atoms with van der Waals surface area (Å²) in [7, 11) is 0. The standard InChI is InChI=1S/C15H18BrN3O/c1-2-19-10-14(9-18-19)20-15-7-12(16)4-3-11(15)8-17-13-5-6-13/h3-4,7,9-10,13,17H,2,5-6,8H2,1H3. The second kappa shape index (κ2) is 5.97. The smallest absolute Gasteiger partial charge is 0.165 e. The zero-order valence-corrected chi connectivity index (χ0v) is 13.1. The quantitative estimate of drug-likeness (QED) is 0.874. The molecule has 4 nitrogen and oxygen atoms in total. The summed E-state index contributed by atoms with van der Waals surface area (Å²) in [5, 5.41) is 7.75. The van der Waals surface area contributed by atoms with Crippen LogP contribution in [-0.2, 0) is 13.1 Å². The molecule has 1 saturated carbocycles. The van der Waals surface area contributed by atoms with Gasteiger partial charge in [-0.1, -0.05) is 22.0 Å². The van der Waals surface area contributed by atoms with Crippen molar-refractivity contribution >= 4 is 15.9 Å². The van der Waals surface area contributed by atoms with Crippen LogP contribution in [0.5, 0.6) is 11.5 Å². The summed E-state index contributed by atoms with van der Waals surface area (Å²) in [6.45, 7) is 3.74. The van der Waals surface area contributed by atoms with Crippen LogP contribution in [0.15, 0.2) is 35.1 Å². The number of nitrogens with zero attached hydrogens (tertiary/aromatic N) is 2. The van der Waals surface area contributed by atoms with Crippen LogP contribution in [0, 0.1) is 0 Å². The highest BCUT2D eigenvalue weighted by Crippen LogP contribution is 2.29. The van der Waals surface area contributed by atoms with E-state index in [9.17, 15) is 0 Å². The van der Waals surface area contributed by atoms with Gasteiger partial charge in [-0.05, 0) is 31.9 Å². The van der Waals surface area contributed by atoms with Crippen LogP contribution >= 0.6 is 15.9 Å². The Bertz CT molecular complexity index is 593. The van der Waals surface area contributed by atoms with Crippen LogP contribution in [-0.4, -0.2) is 15.8 Å². The molecule has 0 unspecified atom stereocenters. The number of benzene rings is 1. The van der Waals surface area contributed by atoms with Crippen molar-refractivity contribution in [3.8, 4) is 11.5 Å². The molecule has 0 bridgehead atoms. The molecule has 106 valence electrons. The highest BCUT2D eigenvalue weighted by Gasteiger charge is 2.20. The van der Waals surface area contributed by atoms with Crippen molar-refractivity contribution in [3.63, 3.8) is 0 Å². The van der Waals surface area contributed by atoms with Gasteiger partial charge in [-0.15, -0.1) is 0 Å². The van der Waals surface area contributed by atoms with Crippen LogP contribution in [0.25, 0.3) is 0 Å². The largest absolute Gasteiger partial charge is 0.454 e. The number of halogens is 1. The van der Waals surface area contributed by atoms with E-state index in [0.717, 1.165) is 29.1 Å². The zero-order valence-electron chi connectivity index (χ0n) is 11.5. The molecule has 0 atom stereocenters. The van der Waals surface area contributed by atoms with Gasteiger partial charge in [0.1, 0.15) is 5.75 Å². The molecular formula is C15H18BrN3O. The summed E-state index contributed by atoms with van der Waals surface area (Å²) in [5.74, 6) is 1.65. The number of aromatic nitrogens is 2. The zero-order chi connectivity index (χ0) is 13.9. The van der Waals surface area contributed by atoms with Crippen molar-refractivity contribution in [1.82, 2.24) is 15.1 Å². The van der Waals surface area contributed by atoms with Crippen molar-refractivity contribution in [2.75, 3.05) is 0 Å². The van der Waals surface area contributed by atoms with Crippen LogP contribution < -0.4 is 10.1 Å². The van der Waals surface area contributed by atoms with Gasteiger partial charge >= 0.3 is 0 Å². The lowest BCUT2D eigenvalue weighted by Crippen LogP contribution is -2.15. The molecular weight excluding hydrogens is 318 g/mol. The maximum atomic E-state index is 5.97. The summed E-state index contributed by atoms with van der Waals surface area (Å²) in [6, 6.07) is 6.84. The molecule has 1 N–H and O–H groups in total. The van der Waals surface area contributed by atoms with Crippen LogP contribution in [0.1, 0.15) is 25.3 Å². The number of hydrogen-bond acceptors (Lipinski definition) is 3. The Morgan fingerprint density at radius 3 is 3.00 bits per heavy atom. The summed E-state index contributed by atoms with van der Waals surface area (Å²) in [5.41, 5.74) is 1.17. The molecule has 2 aromatic rings. The van der Waals surface area contributed by atoms with E-state index in [1.165, 1.54) is 18.4 Å². The third-order valence-corrected chi connectivity index (χ3v) is 3.84. The lowest BCUT2D eigenvalue weighted by molar-refractivity contribution is 0.471. The van der Waals surface area contributed by atoms with Gasteiger partial charge in [-0.2, -0.15) is 5.10 Å². The van der Waals surface area contributed by atoms with Crippen LogP contribution in [0.3, 0.4) is 0 Å². The van der Waals surface area contributed by atoms with Gasteiger partial charge in [0.05, 0.1) is 12.4 Å². The molecule has 0 spiro atoms. The van der Waals surface area contributed by atoms with E-state index in [-0.39, 0.29) is 0 Å². The normalized spacial score (nSPS) is 14.5. The van der Waals surface area contributed by atoms with Crippen molar-refractivity contribution in [2.45, 2.75) is 38.9 Å². The van der Waals surface area contributed by atoms with E-state index in [1.807, 2.05) is 23.0 Å². The van der Waals surface area contributed by atoms with Crippen molar-refractivity contribution in [3.05, 3.63) is 40.6 Å². The van der Waals surface area contributed by atoms with Crippen molar-refractivity contribution in [1.29, 1.82) is 0 Å². The summed E-state index contributed by atoms with van der Waals surface area (Å²) >= 11 is 3.50. The summed E-state index contributed by atoms with van der Waals surface area (Å²) in [6.07, 6.45) is 6.24. The Hall–Kier alpha value is -1.33. The first kappa shape index (κ1) is 13.6. The minimum atomic E-state index is 0.689. The molecule has 1 aromatic heterocycles. The van der Waals surface area contributed by atoms with E-state index in [2.05, 4.69) is 39.3 Å². The number of ether oxygens (including phenoxy) is 1. The predicted molar refractivity (Wildman–Crippen MR) is 82.0 cm³/mol. The number of nitrogens with one attached hydrogen (secondary N) is 1. The minimum absolute atomic E-state index is 0.689. The first-order valence-corrected chi connectivity index (χ1v) is 7.76. The van der Waals surface area contributed by atoms with Crippen LogP contribution in [0.4, 0.5) is 0 Å². The molecule has 3 rings (SSSR count). The monoisotopic (exact) mass is 335 g/mol. The highest BCUT2D eigenvalue weighted by molar-refractivity contribution is 9.10. The lowest BCUT2D eigenvalue weighted by Gasteiger charge is -2.11. The second-order valence-electron chi connectivity index (χ2n) is 5.04. The van der Waals surface area contributed by atoms with E-state index >= 15 is 0 Å². The Kier molecular flexibility index (Phi) is 4.08. The fraction of sp³-hybridized carbons (Fsp3) is 0.400. The summed E-state index contributed by atoms with van der Waals surface area (Å²) < 4.78 is 8.85. The molecule has 1 fully saturated rings. The second-order valence-corrected chi connectivity index (χ2v) is 5.96. The van der Waals surface area contributed by atoms with Crippen molar-refractivity contribution < 1.29 is 4.74 Å². The van der Waals surface area contributed by atoms with Gasteiger partial charge < -0.3 is 10.1 Å². The molecule has 1 aliphatic carbocycles. The maximum absolute atomic E-state index is 5.97. The number of hydrogen-bond donors (Lipinski definition) is 1. The lowest BCUT2D eigenvalue weighted by atomic mass is 10.2. The first-order chi connectivity index (χ1) is 9.74. The molecule has 0 radical (unpaired) electrons. The molecule has 0 amide bonds. The van der Waals surface area contributed by atoms with Gasteiger partial charge in [0.2, 0.25) is 0 Å². The molecule has 20 heavy (non-hydrogen) atoms. The Balaban J connectivity index is 1.76. The molecule has 1 aromatic carbocycles. The van der Waals surface area contributed by atoms with Gasteiger partial charge in [0.25, 0.3) is 0 Å². The minimum Gasteiger partial charge on any atom is -0.454 e. The average molecular weight is 336 g/mol. The number of rotatable bonds is 6. The number of aryl methyl sites for hydroxylation is 1. The average Bonchev–Trinajstić information content (AvgIpc) is 3.16. The van der Waals surface area contributed by atoms with Gasteiger partial charge in [0.15, 0.2) is 5.75 Å². The third kappa shape index (κ3) is 3.41. The van der Waals surface area contributed by atoms with E-state index in [4.69, 9.17) is 4.74 Å². The van der Waals surface area contributed by atoms with Gasteiger partial charge in [0, 0.05) is 29.2 Å². The third-order valence-electron chi connectivity index (χ3n) is 3.35. The van der Waals surface area contributed by atoms with Gasteiger partial charge in [-0.3, -0.25) is 4.68 Å². The molecule has 1 aliphatic rings. The Labute approximate surface area is 127 Å². The molecule has 1 heterocycles. The highest BCUT2D eigenvalue weighted by atomic mass is 79.9. The molecule has 5 heteroatoms. The van der Waals surface area contributed by atoms with Crippen molar-refractivity contribution in [2.24, 2.45) is 0 Å². The fourth-order valence-electron chi connectivity index (χ4n) is 2.01.